The lowest BCUT2D eigenvalue weighted by Gasteiger charge is -2.06. The van der Waals surface area contributed by atoms with Gasteiger partial charge in [-0.2, -0.15) is 0 Å². The van der Waals surface area contributed by atoms with Gasteiger partial charge in [-0.05, 0) is 0 Å². The molecule has 1 amide bonds. The molecule has 1 rings (SSSR count). The van der Waals surface area contributed by atoms with Gasteiger partial charge in [-0.1, -0.05) is 0 Å². The van der Waals surface area contributed by atoms with Crippen molar-refractivity contribution in [3.05, 3.63) is 18.0 Å². The zero-order valence-corrected chi connectivity index (χ0v) is 9.14. The molecule has 0 atom stereocenters. The number of aromatic hydroxyl groups is 2. The van der Waals surface area contributed by atoms with Gasteiger partial charge in [0.1, 0.15) is 12.4 Å². The van der Waals surface area contributed by atoms with E-state index >= 15 is 0 Å². The number of carbonyl (C=O) groups is 2. The number of carbonyl (C=O) groups excluding carboxylic acids is 2. The molecule has 0 fully saturated rings. The summed E-state index contributed by atoms with van der Waals surface area (Å²) in [6, 6.07) is 1.01. The number of rotatable bonds is 4. The average Bonchev–Trinajstić information content (AvgIpc) is 2.23. The molecule has 1 aromatic heterocycles. The van der Waals surface area contributed by atoms with E-state index in [0.717, 1.165) is 12.3 Å². The molecule has 0 unspecified atom stereocenters. The van der Waals surface area contributed by atoms with E-state index in [4.69, 9.17) is 5.11 Å². The fourth-order valence-corrected chi connectivity index (χ4v) is 1.06. The monoisotopic (exact) mass is 240 g/mol. The van der Waals surface area contributed by atoms with Gasteiger partial charge in [-0.15, -0.1) is 0 Å². The average molecular weight is 240 g/mol. The third kappa shape index (κ3) is 3.98. The summed E-state index contributed by atoms with van der Waals surface area (Å²) in [6.07, 6.45) is 1.04. The summed E-state index contributed by atoms with van der Waals surface area (Å²) in [5.74, 6) is -1.71. The molecular formula is C10H12N2O5. The van der Waals surface area contributed by atoms with Crippen molar-refractivity contribution in [3.8, 4) is 11.5 Å². The zero-order valence-electron chi connectivity index (χ0n) is 9.14. The Kier molecular flexibility index (Phi) is 4.27. The summed E-state index contributed by atoms with van der Waals surface area (Å²) in [5, 5.41) is 20.7. The maximum atomic E-state index is 11.5. The molecule has 3 N–H and O–H groups in total. The summed E-state index contributed by atoms with van der Waals surface area (Å²) < 4.78 is 4.60. The van der Waals surface area contributed by atoms with Crippen molar-refractivity contribution in [1.82, 2.24) is 10.3 Å². The molecular weight excluding hydrogens is 228 g/mol. The third-order valence-electron chi connectivity index (χ3n) is 1.76. The lowest BCUT2D eigenvalue weighted by Crippen LogP contribution is -2.28. The van der Waals surface area contributed by atoms with Crippen molar-refractivity contribution < 1.29 is 24.5 Å². The van der Waals surface area contributed by atoms with E-state index in [2.05, 4.69) is 15.0 Å². The maximum absolute atomic E-state index is 11.5. The normalized spacial score (nSPS) is 9.71. The first-order valence-corrected chi connectivity index (χ1v) is 4.80. The summed E-state index contributed by atoms with van der Waals surface area (Å²) >= 11 is 0. The van der Waals surface area contributed by atoms with Crippen molar-refractivity contribution in [2.24, 2.45) is 0 Å². The van der Waals surface area contributed by atoms with Gasteiger partial charge in [-0.3, -0.25) is 9.59 Å². The summed E-state index contributed by atoms with van der Waals surface area (Å²) in [6.45, 7) is 1.41. The van der Waals surface area contributed by atoms with Crippen LogP contribution in [0, 0.1) is 0 Å². The molecule has 0 saturated carbocycles. The molecule has 0 aromatic carbocycles. The van der Waals surface area contributed by atoms with Gasteiger partial charge < -0.3 is 20.3 Å². The fraction of sp³-hybridized carbons (Fsp3) is 0.300. The molecule has 0 aliphatic heterocycles. The molecule has 0 bridgehead atoms. The van der Waals surface area contributed by atoms with E-state index in [9.17, 15) is 14.7 Å². The first-order valence-electron chi connectivity index (χ1n) is 4.80. The van der Waals surface area contributed by atoms with Crippen LogP contribution in [0.25, 0.3) is 0 Å². The highest BCUT2D eigenvalue weighted by molar-refractivity contribution is 5.94. The van der Waals surface area contributed by atoms with Crippen LogP contribution in [0.4, 0.5) is 0 Å². The first-order chi connectivity index (χ1) is 8.00. The van der Waals surface area contributed by atoms with E-state index < -0.39 is 17.6 Å². The molecule has 0 aliphatic carbocycles. The van der Waals surface area contributed by atoms with E-state index in [-0.39, 0.29) is 24.6 Å². The van der Waals surface area contributed by atoms with Crippen LogP contribution in [0.5, 0.6) is 11.5 Å². The molecule has 0 radical (unpaired) electrons. The summed E-state index contributed by atoms with van der Waals surface area (Å²) in [7, 11) is 0. The van der Waals surface area contributed by atoms with Gasteiger partial charge in [0.05, 0.1) is 12.7 Å². The number of hydrogen-bond acceptors (Lipinski definition) is 6. The SMILES string of the molecule is CC(=O)OCCNC(=O)c1ncc(O)cc1O. The Morgan fingerprint density at radius 2 is 2.18 bits per heavy atom. The molecule has 1 heterocycles. The highest BCUT2D eigenvalue weighted by Crippen LogP contribution is 2.19. The second-order valence-electron chi connectivity index (χ2n) is 3.16. The number of nitrogens with zero attached hydrogens (tertiary/aromatic N) is 1. The van der Waals surface area contributed by atoms with Crippen molar-refractivity contribution in [1.29, 1.82) is 0 Å². The second-order valence-corrected chi connectivity index (χ2v) is 3.16. The number of amides is 1. The molecule has 7 heteroatoms. The van der Waals surface area contributed by atoms with Crippen molar-refractivity contribution in [3.63, 3.8) is 0 Å². The van der Waals surface area contributed by atoms with E-state index in [1.165, 1.54) is 6.92 Å². The van der Waals surface area contributed by atoms with Gasteiger partial charge in [0.15, 0.2) is 11.4 Å². The Morgan fingerprint density at radius 1 is 1.47 bits per heavy atom. The lowest BCUT2D eigenvalue weighted by atomic mass is 10.3. The van der Waals surface area contributed by atoms with Crippen LogP contribution in [0.15, 0.2) is 12.3 Å². The topological polar surface area (TPSA) is 109 Å². The molecule has 1 aromatic rings. The number of esters is 1. The maximum Gasteiger partial charge on any atom is 0.302 e. The van der Waals surface area contributed by atoms with Crippen LogP contribution in [-0.4, -0.2) is 40.2 Å². The molecule has 0 spiro atoms. The van der Waals surface area contributed by atoms with E-state index in [1.807, 2.05) is 0 Å². The minimum Gasteiger partial charge on any atom is -0.506 e. The highest BCUT2D eigenvalue weighted by atomic mass is 16.5. The number of pyridine rings is 1. The van der Waals surface area contributed by atoms with Crippen LogP contribution in [0.2, 0.25) is 0 Å². The zero-order chi connectivity index (χ0) is 12.8. The Morgan fingerprint density at radius 3 is 2.76 bits per heavy atom. The molecule has 0 saturated heterocycles. The van der Waals surface area contributed by atoms with Gasteiger partial charge in [0.2, 0.25) is 0 Å². The lowest BCUT2D eigenvalue weighted by molar-refractivity contribution is -0.140. The van der Waals surface area contributed by atoms with Crippen molar-refractivity contribution in [2.45, 2.75) is 6.92 Å². The Labute approximate surface area is 97.1 Å². The third-order valence-corrected chi connectivity index (χ3v) is 1.76. The Bertz CT molecular complexity index is 433. The van der Waals surface area contributed by atoms with Gasteiger partial charge in [-0.25, -0.2) is 4.98 Å². The van der Waals surface area contributed by atoms with Crippen LogP contribution in [0.3, 0.4) is 0 Å². The minimum atomic E-state index is -0.616. The van der Waals surface area contributed by atoms with Crippen LogP contribution >= 0.6 is 0 Å². The van der Waals surface area contributed by atoms with E-state index in [1.54, 1.807) is 0 Å². The number of hydrogen-bond donors (Lipinski definition) is 3. The second kappa shape index (κ2) is 5.69. The van der Waals surface area contributed by atoms with Gasteiger partial charge >= 0.3 is 5.97 Å². The Hall–Kier alpha value is -2.31. The van der Waals surface area contributed by atoms with Gasteiger partial charge in [0, 0.05) is 13.0 Å². The first kappa shape index (κ1) is 12.8. The molecule has 17 heavy (non-hydrogen) atoms. The standard InChI is InChI=1S/C10H12N2O5/c1-6(13)17-3-2-11-10(16)9-8(15)4-7(14)5-12-9/h4-5,14-15H,2-3H2,1H3,(H,11,16). The molecule has 0 aliphatic rings. The minimum absolute atomic E-state index is 0.0416. The predicted molar refractivity (Wildman–Crippen MR) is 56.5 cm³/mol. The number of ether oxygens (including phenoxy) is 1. The quantitative estimate of drug-likeness (QED) is 0.496. The number of aromatic nitrogens is 1. The predicted octanol–water partition coefficient (Wildman–Crippen LogP) is -0.214. The summed E-state index contributed by atoms with van der Waals surface area (Å²) in [5.41, 5.74) is -0.203. The molecule has 92 valence electrons. The van der Waals surface area contributed by atoms with Gasteiger partial charge in [0.25, 0.3) is 5.91 Å². The molecule has 7 nitrogen and oxygen atoms in total. The Balaban J connectivity index is 2.50. The summed E-state index contributed by atoms with van der Waals surface area (Å²) in [4.78, 5) is 25.5. The van der Waals surface area contributed by atoms with Crippen LogP contribution < -0.4 is 5.32 Å². The van der Waals surface area contributed by atoms with Crippen LogP contribution in [-0.2, 0) is 9.53 Å². The highest BCUT2D eigenvalue weighted by Gasteiger charge is 2.12. The largest absolute Gasteiger partial charge is 0.506 e. The van der Waals surface area contributed by atoms with Crippen molar-refractivity contribution >= 4 is 11.9 Å². The smallest absolute Gasteiger partial charge is 0.302 e. The van der Waals surface area contributed by atoms with Crippen LogP contribution in [0.1, 0.15) is 17.4 Å². The fourth-order valence-electron chi connectivity index (χ4n) is 1.06. The van der Waals surface area contributed by atoms with Crippen molar-refractivity contribution in [2.75, 3.05) is 13.2 Å². The number of nitrogens with one attached hydrogen (secondary N) is 1. The van der Waals surface area contributed by atoms with E-state index in [0.29, 0.717) is 0 Å².